The van der Waals surface area contributed by atoms with E-state index >= 15 is 0 Å². The highest BCUT2D eigenvalue weighted by atomic mass is 16.5. The van der Waals surface area contributed by atoms with E-state index in [1.54, 1.807) is 7.11 Å². The first-order valence-electron chi connectivity index (χ1n) is 6.94. The van der Waals surface area contributed by atoms with Crippen LogP contribution in [0.3, 0.4) is 0 Å². The van der Waals surface area contributed by atoms with Crippen LogP contribution in [0.4, 0.5) is 5.69 Å². The molecule has 0 saturated carbocycles. The van der Waals surface area contributed by atoms with E-state index in [2.05, 4.69) is 23.1 Å². The molecule has 0 radical (unpaired) electrons. The van der Waals surface area contributed by atoms with Gasteiger partial charge in [0.1, 0.15) is 0 Å². The van der Waals surface area contributed by atoms with Gasteiger partial charge in [0, 0.05) is 25.9 Å². The van der Waals surface area contributed by atoms with Gasteiger partial charge in [0.05, 0.1) is 12.7 Å². The topological polar surface area (TPSA) is 32.7 Å². The summed E-state index contributed by atoms with van der Waals surface area (Å²) in [5.41, 5.74) is 3.61. The zero-order valence-corrected chi connectivity index (χ0v) is 11.8. The Labute approximate surface area is 115 Å². The van der Waals surface area contributed by atoms with Crippen LogP contribution in [-0.4, -0.2) is 31.9 Å². The number of ether oxygens (including phenoxy) is 1. The molecule has 0 aromatic heterocycles. The zero-order valence-electron chi connectivity index (χ0n) is 11.8. The van der Waals surface area contributed by atoms with Crippen LogP contribution in [0, 0.1) is 0 Å². The summed E-state index contributed by atoms with van der Waals surface area (Å²) in [6.45, 7) is 4.71. The molecule has 2 rings (SSSR count). The standard InChI is InChI=1S/C16H23NO2/c1-3-16(18)14-4-6-15(7-5-14)17-10-8-13(9-11-17)12-19-2/h4-8,16,18H,3,9-12H2,1-2H3. The Bertz CT molecular complexity index is 425. The van der Waals surface area contributed by atoms with Gasteiger partial charge in [0.2, 0.25) is 0 Å². The summed E-state index contributed by atoms with van der Waals surface area (Å²) in [5.74, 6) is 0. The molecule has 1 aromatic rings. The molecule has 1 atom stereocenters. The Morgan fingerprint density at radius 1 is 1.32 bits per heavy atom. The first kappa shape index (κ1) is 14.1. The molecule has 104 valence electrons. The van der Waals surface area contributed by atoms with Crippen molar-refractivity contribution in [1.29, 1.82) is 0 Å². The lowest BCUT2D eigenvalue weighted by atomic mass is 10.1. The van der Waals surface area contributed by atoms with E-state index in [1.165, 1.54) is 11.3 Å². The largest absolute Gasteiger partial charge is 0.388 e. The minimum absolute atomic E-state index is 0.344. The molecule has 0 saturated heterocycles. The lowest BCUT2D eigenvalue weighted by Crippen LogP contribution is -2.29. The quantitative estimate of drug-likeness (QED) is 0.827. The van der Waals surface area contributed by atoms with Crippen molar-refractivity contribution in [3.05, 3.63) is 41.5 Å². The smallest absolute Gasteiger partial charge is 0.0787 e. The molecule has 0 bridgehead atoms. The minimum Gasteiger partial charge on any atom is -0.388 e. The maximum Gasteiger partial charge on any atom is 0.0787 e. The highest BCUT2D eigenvalue weighted by Crippen LogP contribution is 2.23. The van der Waals surface area contributed by atoms with Crippen molar-refractivity contribution in [3.63, 3.8) is 0 Å². The van der Waals surface area contributed by atoms with Crippen LogP contribution in [0.15, 0.2) is 35.9 Å². The highest BCUT2D eigenvalue weighted by molar-refractivity contribution is 5.49. The molecule has 1 unspecified atom stereocenters. The van der Waals surface area contributed by atoms with Gasteiger partial charge in [-0.05, 0) is 36.1 Å². The Morgan fingerprint density at radius 2 is 2.05 bits per heavy atom. The van der Waals surface area contributed by atoms with Crippen molar-refractivity contribution in [3.8, 4) is 0 Å². The molecule has 1 aromatic carbocycles. The number of hydrogen-bond donors (Lipinski definition) is 1. The summed E-state index contributed by atoms with van der Waals surface area (Å²) in [4.78, 5) is 2.35. The molecular weight excluding hydrogens is 238 g/mol. The van der Waals surface area contributed by atoms with E-state index in [0.29, 0.717) is 0 Å². The minimum atomic E-state index is -0.344. The number of nitrogens with zero attached hydrogens (tertiary/aromatic N) is 1. The van der Waals surface area contributed by atoms with Gasteiger partial charge in [0.25, 0.3) is 0 Å². The van der Waals surface area contributed by atoms with Crippen molar-refractivity contribution in [2.24, 2.45) is 0 Å². The average Bonchev–Trinajstić information content (AvgIpc) is 2.48. The van der Waals surface area contributed by atoms with E-state index < -0.39 is 0 Å². The van der Waals surface area contributed by atoms with E-state index in [0.717, 1.165) is 38.1 Å². The fourth-order valence-corrected chi connectivity index (χ4v) is 2.41. The monoisotopic (exact) mass is 261 g/mol. The molecule has 19 heavy (non-hydrogen) atoms. The van der Waals surface area contributed by atoms with Crippen molar-refractivity contribution in [2.75, 3.05) is 31.7 Å². The fraction of sp³-hybridized carbons (Fsp3) is 0.500. The third-order valence-electron chi connectivity index (χ3n) is 3.66. The number of methoxy groups -OCH3 is 1. The van der Waals surface area contributed by atoms with Gasteiger partial charge in [-0.2, -0.15) is 0 Å². The summed E-state index contributed by atoms with van der Waals surface area (Å²) in [6, 6.07) is 8.25. The lowest BCUT2D eigenvalue weighted by Gasteiger charge is -2.28. The number of benzene rings is 1. The molecule has 3 heteroatoms. The Hall–Kier alpha value is -1.32. The van der Waals surface area contributed by atoms with Gasteiger partial charge >= 0.3 is 0 Å². The Morgan fingerprint density at radius 3 is 2.58 bits per heavy atom. The molecule has 0 fully saturated rings. The van der Waals surface area contributed by atoms with Crippen LogP contribution in [0.5, 0.6) is 0 Å². The molecule has 1 aliphatic heterocycles. The molecular formula is C16H23NO2. The molecule has 0 amide bonds. The SMILES string of the molecule is CCC(O)c1ccc(N2CC=C(COC)CC2)cc1. The third kappa shape index (κ3) is 3.58. The summed E-state index contributed by atoms with van der Waals surface area (Å²) in [5, 5.41) is 9.79. The summed E-state index contributed by atoms with van der Waals surface area (Å²) < 4.78 is 5.16. The summed E-state index contributed by atoms with van der Waals surface area (Å²) in [7, 11) is 1.74. The van der Waals surface area contributed by atoms with Gasteiger partial charge in [-0.3, -0.25) is 0 Å². The van der Waals surface area contributed by atoms with Crippen LogP contribution in [0.25, 0.3) is 0 Å². The molecule has 1 heterocycles. The van der Waals surface area contributed by atoms with E-state index in [4.69, 9.17) is 4.74 Å². The van der Waals surface area contributed by atoms with Crippen LogP contribution in [-0.2, 0) is 4.74 Å². The fourth-order valence-electron chi connectivity index (χ4n) is 2.41. The first-order chi connectivity index (χ1) is 9.24. The number of aliphatic hydroxyl groups is 1. The number of hydrogen-bond acceptors (Lipinski definition) is 3. The van der Waals surface area contributed by atoms with Crippen molar-refractivity contribution in [2.45, 2.75) is 25.9 Å². The second kappa shape index (κ2) is 6.73. The van der Waals surface area contributed by atoms with Crippen molar-refractivity contribution >= 4 is 5.69 Å². The lowest BCUT2D eigenvalue weighted by molar-refractivity contribution is 0.173. The van der Waals surface area contributed by atoms with Crippen LogP contribution in [0.1, 0.15) is 31.4 Å². The Kier molecular flexibility index (Phi) is 5.00. The molecule has 1 N–H and O–H groups in total. The number of anilines is 1. The zero-order chi connectivity index (χ0) is 13.7. The number of rotatable bonds is 5. The molecule has 0 spiro atoms. The average molecular weight is 261 g/mol. The third-order valence-corrected chi connectivity index (χ3v) is 3.66. The normalized spacial score (nSPS) is 17.2. The van der Waals surface area contributed by atoms with Crippen LogP contribution >= 0.6 is 0 Å². The van der Waals surface area contributed by atoms with E-state index in [1.807, 2.05) is 19.1 Å². The predicted molar refractivity (Wildman–Crippen MR) is 78.5 cm³/mol. The van der Waals surface area contributed by atoms with Crippen molar-refractivity contribution < 1.29 is 9.84 Å². The highest BCUT2D eigenvalue weighted by Gasteiger charge is 2.12. The van der Waals surface area contributed by atoms with Gasteiger partial charge in [-0.15, -0.1) is 0 Å². The predicted octanol–water partition coefficient (Wildman–Crippen LogP) is 2.91. The summed E-state index contributed by atoms with van der Waals surface area (Å²) >= 11 is 0. The summed E-state index contributed by atoms with van der Waals surface area (Å²) in [6.07, 6.45) is 3.73. The maximum absolute atomic E-state index is 9.79. The maximum atomic E-state index is 9.79. The second-order valence-corrected chi connectivity index (χ2v) is 5.01. The molecule has 1 aliphatic rings. The van der Waals surface area contributed by atoms with Gasteiger partial charge in [0.15, 0.2) is 0 Å². The van der Waals surface area contributed by atoms with Crippen LogP contribution in [0.2, 0.25) is 0 Å². The van der Waals surface area contributed by atoms with E-state index in [9.17, 15) is 5.11 Å². The first-order valence-corrected chi connectivity index (χ1v) is 6.94. The van der Waals surface area contributed by atoms with Gasteiger partial charge in [-0.25, -0.2) is 0 Å². The molecule has 0 aliphatic carbocycles. The van der Waals surface area contributed by atoms with Gasteiger partial charge < -0.3 is 14.7 Å². The van der Waals surface area contributed by atoms with Crippen LogP contribution < -0.4 is 4.90 Å². The molecule has 3 nitrogen and oxygen atoms in total. The van der Waals surface area contributed by atoms with Gasteiger partial charge in [-0.1, -0.05) is 25.1 Å². The Balaban J connectivity index is 2.00. The van der Waals surface area contributed by atoms with E-state index in [-0.39, 0.29) is 6.10 Å². The van der Waals surface area contributed by atoms with Crippen molar-refractivity contribution in [1.82, 2.24) is 0 Å². The number of aliphatic hydroxyl groups excluding tert-OH is 1. The second-order valence-electron chi connectivity index (χ2n) is 5.01.